The van der Waals surface area contributed by atoms with Crippen LogP contribution in [0.25, 0.3) is 0 Å². The Labute approximate surface area is 385 Å². The van der Waals surface area contributed by atoms with Crippen LogP contribution >= 0.6 is 0 Å². The third-order valence-corrected chi connectivity index (χ3v) is 13.6. The smallest absolute Gasteiger partial charge is 0.335 e. The van der Waals surface area contributed by atoms with E-state index in [4.69, 9.17) is 37.9 Å². The van der Waals surface area contributed by atoms with Crippen molar-refractivity contribution in [1.82, 2.24) is 5.32 Å². The van der Waals surface area contributed by atoms with Crippen LogP contribution in [0.15, 0.2) is 0 Å². The molecule has 23 heteroatoms. The molecular weight excluding hydrogens is 882 g/mol. The Morgan fingerprint density at radius 1 is 0.561 bits per heavy atom. The molecule has 0 aromatic heterocycles. The maximum atomic E-state index is 11.5. The van der Waals surface area contributed by atoms with Gasteiger partial charge < -0.3 is 110 Å². The molecule has 0 radical (unpaired) electrons. The standard InChI is InChI=1S/C43H79NO22/c1-5-8-9-10-11-12-13-14-15-21(6-2)43(4,7-3)44-16-17-59-39-31(54)27(50)34(22(18-45)60-39)63-40-32(55)28(51)35(23(19-46)61-40)64-41-33(56)29(52)36(24(20-47)62-41)65-42-30(53)25(48)26(49)37(66-42)38(57)58/h21-37,39-42,44-56H,5-20H2,1-4H3,(H,57,58)/t21?,22?,23?,24?,25?,26-,27?,28?,29?,30?,31?,32?,33?,34-,35+,36+,37?,39-,40+,41-,42+,43?/m0/s1. The van der Waals surface area contributed by atoms with Crippen molar-refractivity contribution in [2.45, 2.75) is 227 Å². The number of aliphatic hydroxyl groups is 12. The first-order valence-electron chi connectivity index (χ1n) is 23.6. The van der Waals surface area contributed by atoms with Crippen LogP contribution in [0.3, 0.4) is 0 Å². The third kappa shape index (κ3) is 14.2. The molecule has 22 atom stereocenters. The number of aliphatic carboxylic acids is 1. The van der Waals surface area contributed by atoms with Crippen LogP contribution in [-0.2, 0) is 42.7 Å². The van der Waals surface area contributed by atoms with Crippen molar-refractivity contribution in [3.8, 4) is 0 Å². The lowest BCUT2D eigenvalue weighted by atomic mass is 9.78. The summed E-state index contributed by atoms with van der Waals surface area (Å²) in [6, 6.07) is 0. The first-order valence-corrected chi connectivity index (χ1v) is 23.6. The van der Waals surface area contributed by atoms with Gasteiger partial charge in [0.2, 0.25) is 0 Å². The van der Waals surface area contributed by atoms with Gasteiger partial charge in [0, 0.05) is 12.1 Å². The Balaban J connectivity index is 1.30. The van der Waals surface area contributed by atoms with E-state index in [0.717, 1.165) is 25.7 Å². The Bertz CT molecular complexity index is 1390. The number of carboxylic acids is 1. The lowest BCUT2D eigenvalue weighted by Crippen LogP contribution is -2.67. The van der Waals surface area contributed by atoms with Crippen molar-refractivity contribution in [2.24, 2.45) is 5.92 Å². The quantitative estimate of drug-likeness (QED) is 0.0358. The van der Waals surface area contributed by atoms with Crippen molar-refractivity contribution in [3.05, 3.63) is 0 Å². The van der Waals surface area contributed by atoms with Crippen molar-refractivity contribution in [3.63, 3.8) is 0 Å². The van der Waals surface area contributed by atoms with E-state index in [2.05, 4.69) is 33.0 Å². The van der Waals surface area contributed by atoms with Gasteiger partial charge in [-0.05, 0) is 25.7 Å². The van der Waals surface area contributed by atoms with Crippen LogP contribution in [0.4, 0.5) is 0 Å². The summed E-state index contributed by atoms with van der Waals surface area (Å²) in [5.41, 5.74) is -0.172. The number of unbranched alkanes of at least 4 members (excludes halogenated alkanes) is 7. The fraction of sp³-hybridized carbons (Fsp3) is 0.977. The van der Waals surface area contributed by atoms with Crippen LogP contribution in [0, 0.1) is 5.92 Å². The molecule has 4 aliphatic heterocycles. The lowest BCUT2D eigenvalue weighted by Gasteiger charge is -2.49. The average molecular weight is 962 g/mol. The van der Waals surface area contributed by atoms with Crippen molar-refractivity contribution < 1.29 is 109 Å². The molecule has 23 nitrogen and oxygen atoms in total. The largest absolute Gasteiger partial charge is 0.479 e. The normalized spacial score (nSPS) is 41.3. The van der Waals surface area contributed by atoms with Gasteiger partial charge in [-0.1, -0.05) is 78.6 Å². The highest BCUT2D eigenvalue weighted by atomic mass is 16.8. The SMILES string of the molecule is CCCCCCCCCCC(CC)C(C)(CC)NCCO[C@H]1OC(CO)[C@H](O[C@H]2OC(CO)[C@@H](O[C@@H]3OC(CO)[C@@H](O[C@@H]4OC(C(=O)O)[C@@H](O)C(O)C4O)C(O)C3O)C(O)C2O)C(O)C1O. The highest BCUT2D eigenvalue weighted by molar-refractivity contribution is 5.73. The zero-order valence-electron chi connectivity index (χ0n) is 38.4. The molecule has 0 saturated carbocycles. The van der Waals surface area contributed by atoms with Crippen molar-refractivity contribution in [2.75, 3.05) is 33.0 Å². The number of hydrogen-bond acceptors (Lipinski definition) is 22. The second-order valence-corrected chi connectivity index (χ2v) is 18.1. The van der Waals surface area contributed by atoms with E-state index in [1.54, 1.807) is 0 Å². The third-order valence-electron chi connectivity index (χ3n) is 13.6. The van der Waals surface area contributed by atoms with Gasteiger partial charge in [0.15, 0.2) is 31.3 Å². The predicted octanol–water partition coefficient (Wildman–Crippen LogP) is -3.32. The fourth-order valence-electron chi connectivity index (χ4n) is 9.22. The number of carboxylic acid groups (broad SMARTS) is 1. The molecule has 4 saturated heterocycles. The maximum absolute atomic E-state index is 11.5. The first-order chi connectivity index (χ1) is 31.4. The summed E-state index contributed by atoms with van der Waals surface area (Å²) in [5, 5.41) is 141. The number of rotatable bonds is 27. The summed E-state index contributed by atoms with van der Waals surface area (Å²) in [6.07, 6.45) is -23.8. The summed E-state index contributed by atoms with van der Waals surface area (Å²) in [4.78, 5) is 11.5. The van der Waals surface area contributed by atoms with Gasteiger partial charge in [0.05, 0.1) is 26.4 Å². The minimum atomic E-state index is -2.09. The van der Waals surface area contributed by atoms with E-state index in [0.29, 0.717) is 12.5 Å². The Morgan fingerprint density at radius 3 is 1.39 bits per heavy atom. The Morgan fingerprint density at radius 2 is 0.970 bits per heavy atom. The van der Waals surface area contributed by atoms with Crippen LogP contribution in [0.1, 0.15) is 98.3 Å². The number of nitrogens with one attached hydrogen (secondary N) is 1. The molecule has 0 bridgehead atoms. The second-order valence-electron chi connectivity index (χ2n) is 18.1. The summed E-state index contributed by atoms with van der Waals surface area (Å²) < 4.78 is 44.9. The zero-order valence-corrected chi connectivity index (χ0v) is 38.4. The molecule has 4 fully saturated rings. The van der Waals surface area contributed by atoms with Gasteiger partial charge in [-0.3, -0.25) is 0 Å². The Hall–Kier alpha value is -1.37. The zero-order chi connectivity index (χ0) is 48.9. The van der Waals surface area contributed by atoms with Gasteiger partial charge in [-0.15, -0.1) is 0 Å². The number of hydrogen-bond donors (Lipinski definition) is 14. The molecule has 0 amide bonds. The predicted molar refractivity (Wildman–Crippen MR) is 226 cm³/mol. The molecule has 0 aromatic carbocycles. The van der Waals surface area contributed by atoms with Crippen LogP contribution in [-0.4, -0.2) is 234 Å². The first kappa shape index (κ1) is 57.2. The molecule has 0 spiro atoms. The van der Waals surface area contributed by atoms with Gasteiger partial charge in [-0.2, -0.15) is 0 Å². The van der Waals surface area contributed by atoms with Crippen LogP contribution in [0.5, 0.6) is 0 Å². The molecular formula is C43H79NO22. The minimum absolute atomic E-state index is 0.0850. The monoisotopic (exact) mass is 962 g/mol. The molecule has 4 aliphatic rings. The number of ether oxygens (including phenoxy) is 8. The molecule has 14 N–H and O–H groups in total. The minimum Gasteiger partial charge on any atom is -0.479 e. The number of carbonyl (C=O) groups is 1. The molecule has 0 aliphatic carbocycles. The van der Waals surface area contributed by atoms with E-state index in [1.165, 1.54) is 44.9 Å². The van der Waals surface area contributed by atoms with Gasteiger partial charge in [0.25, 0.3) is 0 Å². The summed E-state index contributed by atoms with van der Waals surface area (Å²) >= 11 is 0. The van der Waals surface area contributed by atoms with E-state index in [9.17, 15) is 71.2 Å². The summed E-state index contributed by atoms with van der Waals surface area (Å²) in [7, 11) is 0. The van der Waals surface area contributed by atoms with Crippen LogP contribution in [0.2, 0.25) is 0 Å². The van der Waals surface area contributed by atoms with E-state index in [1.807, 2.05) is 0 Å². The van der Waals surface area contributed by atoms with E-state index < -0.39 is 149 Å². The van der Waals surface area contributed by atoms with Crippen molar-refractivity contribution >= 4 is 5.97 Å². The van der Waals surface area contributed by atoms with Gasteiger partial charge in [-0.25, -0.2) is 4.79 Å². The van der Waals surface area contributed by atoms with Crippen LogP contribution < -0.4 is 5.32 Å². The molecule has 4 rings (SSSR count). The summed E-state index contributed by atoms with van der Waals surface area (Å²) in [6.45, 7) is 6.60. The highest BCUT2D eigenvalue weighted by Crippen LogP contribution is 2.35. The van der Waals surface area contributed by atoms with E-state index >= 15 is 0 Å². The molecule has 0 aromatic rings. The second kappa shape index (κ2) is 27.3. The molecule has 14 unspecified atom stereocenters. The highest BCUT2D eigenvalue weighted by Gasteiger charge is 2.56. The average Bonchev–Trinajstić information content (AvgIpc) is 3.30. The lowest BCUT2D eigenvalue weighted by molar-refractivity contribution is -0.387. The van der Waals surface area contributed by atoms with Crippen molar-refractivity contribution in [1.29, 1.82) is 0 Å². The van der Waals surface area contributed by atoms with Gasteiger partial charge in [0.1, 0.15) is 91.6 Å². The summed E-state index contributed by atoms with van der Waals surface area (Å²) in [5.74, 6) is -1.29. The number of aliphatic hydroxyl groups excluding tert-OH is 12. The molecule has 388 valence electrons. The maximum Gasteiger partial charge on any atom is 0.335 e. The fourth-order valence-corrected chi connectivity index (χ4v) is 9.22. The Kier molecular flexibility index (Phi) is 23.7. The molecule has 66 heavy (non-hydrogen) atoms. The van der Waals surface area contributed by atoms with Gasteiger partial charge >= 0.3 is 5.97 Å². The van der Waals surface area contributed by atoms with E-state index in [-0.39, 0.29) is 12.1 Å². The molecule has 4 heterocycles. The topological polar surface area (TPSA) is 366 Å².